The van der Waals surface area contributed by atoms with E-state index in [1.54, 1.807) is 6.07 Å². The fraction of sp³-hybridized carbons (Fsp3) is 0.222. The third-order valence-electron chi connectivity index (χ3n) is 3.47. The Morgan fingerprint density at radius 3 is 2.75 bits per heavy atom. The van der Waals surface area contributed by atoms with Gasteiger partial charge >= 0.3 is 0 Å². The van der Waals surface area contributed by atoms with Crippen molar-refractivity contribution in [1.82, 2.24) is 19.7 Å². The van der Waals surface area contributed by atoms with Crippen molar-refractivity contribution in [2.75, 3.05) is 0 Å². The molecule has 5 nitrogen and oxygen atoms in total. The summed E-state index contributed by atoms with van der Waals surface area (Å²) in [6.45, 7) is 5.02. The molecule has 0 saturated carbocycles. The van der Waals surface area contributed by atoms with Gasteiger partial charge in [-0.3, -0.25) is 0 Å². The van der Waals surface area contributed by atoms with Crippen LogP contribution in [0.4, 0.5) is 0 Å². The van der Waals surface area contributed by atoms with Crippen molar-refractivity contribution < 1.29 is 0 Å². The molecule has 6 heteroatoms. The standard InChI is InChI=1S/C18H17N5S/c1-3-10-23-17(14-7-4-6-13(2)11-14)21-22-18(23)24-16-9-5-8-15(12-19)20-16/h4-9,11H,3,10H2,1-2H3. The smallest absolute Gasteiger partial charge is 0.197 e. The summed E-state index contributed by atoms with van der Waals surface area (Å²) < 4.78 is 2.11. The van der Waals surface area contributed by atoms with Crippen LogP contribution in [-0.2, 0) is 6.54 Å². The van der Waals surface area contributed by atoms with Crippen molar-refractivity contribution in [2.45, 2.75) is 37.0 Å². The van der Waals surface area contributed by atoms with Crippen LogP contribution in [0, 0.1) is 18.3 Å². The first-order valence-corrected chi connectivity index (χ1v) is 8.58. The van der Waals surface area contributed by atoms with E-state index in [1.165, 1.54) is 17.3 Å². The lowest BCUT2D eigenvalue weighted by atomic mass is 10.1. The lowest BCUT2D eigenvalue weighted by molar-refractivity contribution is 0.626. The summed E-state index contributed by atoms with van der Waals surface area (Å²) in [4.78, 5) is 4.30. The summed E-state index contributed by atoms with van der Waals surface area (Å²) in [5.41, 5.74) is 2.65. The molecule has 24 heavy (non-hydrogen) atoms. The van der Waals surface area contributed by atoms with Gasteiger partial charge in [0.15, 0.2) is 11.0 Å². The zero-order chi connectivity index (χ0) is 16.9. The summed E-state index contributed by atoms with van der Waals surface area (Å²) in [6, 6.07) is 15.7. The molecule has 3 aromatic rings. The fourth-order valence-corrected chi connectivity index (χ4v) is 3.26. The molecule has 1 aromatic carbocycles. The van der Waals surface area contributed by atoms with Crippen molar-refractivity contribution in [2.24, 2.45) is 0 Å². The minimum Gasteiger partial charge on any atom is -0.302 e. The second-order valence-electron chi connectivity index (χ2n) is 5.40. The van der Waals surface area contributed by atoms with Crippen molar-refractivity contribution >= 4 is 11.8 Å². The first kappa shape index (κ1) is 16.2. The quantitative estimate of drug-likeness (QED) is 0.703. The Hall–Kier alpha value is -2.65. The molecule has 0 bridgehead atoms. The zero-order valence-corrected chi connectivity index (χ0v) is 14.4. The molecule has 3 rings (SSSR count). The molecule has 0 unspecified atom stereocenters. The van der Waals surface area contributed by atoms with Crippen LogP contribution < -0.4 is 0 Å². The molecule has 2 aromatic heterocycles. The molecule has 0 fully saturated rings. The number of benzene rings is 1. The molecule has 0 radical (unpaired) electrons. The van der Waals surface area contributed by atoms with Crippen LogP contribution in [0.3, 0.4) is 0 Å². The monoisotopic (exact) mass is 335 g/mol. The molecular weight excluding hydrogens is 318 g/mol. The van der Waals surface area contributed by atoms with E-state index in [0.29, 0.717) is 5.69 Å². The van der Waals surface area contributed by atoms with Gasteiger partial charge < -0.3 is 4.57 Å². The van der Waals surface area contributed by atoms with Gasteiger partial charge in [0.25, 0.3) is 0 Å². The lowest BCUT2D eigenvalue weighted by Gasteiger charge is -2.09. The molecule has 0 atom stereocenters. The molecule has 0 spiro atoms. The molecule has 0 aliphatic heterocycles. The Morgan fingerprint density at radius 2 is 2.00 bits per heavy atom. The highest BCUT2D eigenvalue weighted by atomic mass is 32.2. The average molecular weight is 335 g/mol. The van der Waals surface area contributed by atoms with Crippen LogP contribution in [0.5, 0.6) is 0 Å². The van der Waals surface area contributed by atoms with Crippen LogP contribution in [0.25, 0.3) is 11.4 Å². The van der Waals surface area contributed by atoms with Crippen LogP contribution in [0.2, 0.25) is 0 Å². The number of aromatic nitrogens is 4. The van der Waals surface area contributed by atoms with E-state index < -0.39 is 0 Å². The first-order valence-electron chi connectivity index (χ1n) is 7.76. The zero-order valence-electron chi connectivity index (χ0n) is 13.6. The van der Waals surface area contributed by atoms with Gasteiger partial charge in [-0.1, -0.05) is 36.8 Å². The molecule has 120 valence electrons. The van der Waals surface area contributed by atoms with E-state index in [-0.39, 0.29) is 0 Å². The van der Waals surface area contributed by atoms with Gasteiger partial charge in [0.1, 0.15) is 16.8 Å². The molecular formula is C18H17N5S. The summed E-state index contributed by atoms with van der Waals surface area (Å²) >= 11 is 1.43. The number of hydrogen-bond acceptors (Lipinski definition) is 5. The van der Waals surface area contributed by atoms with Gasteiger partial charge in [0, 0.05) is 12.1 Å². The third kappa shape index (κ3) is 3.47. The number of nitrogens with zero attached hydrogens (tertiary/aromatic N) is 5. The number of hydrogen-bond donors (Lipinski definition) is 0. The van der Waals surface area contributed by atoms with Gasteiger partial charge in [-0.25, -0.2) is 4.98 Å². The lowest BCUT2D eigenvalue weighted by Crippen LogP contribution is -2.02. The van der Waals surface area contributed by atoms with E-state index in [0.717, 1.165) is 34.5 Å². The maximum absolute atomic E-state index is 8.99. The van der Waals surface area contributed by atoms with Crippen LogP contribution in [-0.4, -0.2) is 19.7 Å². The summed E-state index contributed by atoms with van der Waals surface area (Å²) in [5, 5.41) is 19.3. The van der Waals surface area contributed by atoms with Crippen LogP contribution in [0.1, 0.15) is 24.6 Å². The second-order valence-corrected chi connectivity index (χ2v) is 6.39. The Morgan fingerprint density at radius 1 is 1.17 bits per heavy atom. The minimum atomic E-state index is 0.403. The van der Waals surface area contributed by atoms with Gasteiger partial charge in [-0.05, 0) is 43.3 Å². The van der Waals surface area contributed by atoms with E-state index in [4.69, 9.17) is 5.26 Å². The molecule has 0 amide bonds. The van der Waals surface area contributed by atoms with E-state index >= 15 is 0 Å². The Labute approximate surface area is 145 Å². The average Bonchev–Trinajstić information content (AvgIpc) is 2.98. The van der Waals surface area contributed by atoms with Crippen molar-refractivity contribution in [1.29, 1.82) is 5.26 Å². The summed E-state index contributed by atoms with van der Waals surface area (Å²) in [7, 11) is 0. The Kier molecular flexibility index (Phi) is 4.92. The van der Waals surface area contributed by atoms with E-state index in [1.807, 2.05) is 24.3 Å². The van der Waals surface area contributed by atoms with E-state index in [9.17, 15) is 0 Å². The van der Waals surface area contributed by atoms with E-state index in [2.05, 4.69) is 51.8 Å². The second kappa shape index (κ2) is 7.28. The highest BCUT2D eigenvalue weighted by molar-refractivity contribution is 7.99. The van der Waals surface area contributed by atoms with Gasteiger partial charge in [0.05, 0.1) is 0 Å². The maximum atomic E-state index is 8.99. The highest BCUT2D eigenvalue weighted by Crippen LogP contribution is 2.29. The number of rotatable bonds is 5. The topological polar surface area (TPSA) is 67.4 Å². The van der Waals surface area contributed by atoms with Gasteiger partial charge in [-0.2, -0.15) is 5.26 Å². The Balaban J connectivity index is 1.98. The number of pyridine rings is 1. The van der Waals surface area contributed by atoms with Crippen molar-refractivity contribution in [3.8, 4) is 17.5 Å². The third-order valence-corrected chi connectivity index (χ3v) is 4.40. The van der Waals surface area contributed by atoms with Gasteiger partial charge in [0.2, 0.25) is 0 Å². The fourth-order valence-electron chi connectivity index (χ4n) is 2.41. The molecule has 0 aliphatic rings. The normalized spacial score (nSPS) is 10.5. The summed E-state index contributed by atoms with van der Waals surface area (Å²) in [6.07, 6.45) is 0.982. The summed E-state index contributed by atoms with van der Waals surface area (Å²) in [5.74, 6) is 0.861. The molecule has 0 aliphatic carbocycles. The SMILES string of the molecule is CCCn1c(Sc2cccc(C#N)n2)nnc1-c1cccc(C)c1. The minimum absolute atomic E-state index is 0.403. The van der Waals surface area contributed by atoms with Crippen LogP contribution >= 0.6 is 11.8 Å². The first-order chi connectivity index (χ1) is 11.7. The number of aryl methyl sites for hydroxylation is 1. The largest absolute Gasteiger partial charge is 0.302 e. The Bertz CT molecular complexity index is 894. The molecule has 2 heterocycles. The molecule has 0 saturated heterocycles. The van der Waals surface area contributed by atoms with Crippen molar-refractivity contribution in [3.63, 3.8) is 0 Å². The predicted octanol–water partition coefficient (Wildman–Crippen LogP) is 4.08. The number of nitriles is 1. The predicted molar refractivity (Wildman–Crippen MR) is 93.6 cm³/mol. The maximum Gasteiger partial charge on any atom is 0.197 e. The van der Waals surface area contributed by atoms with Crippen molar-refractivity contribution in [3.05, 3.63) is 53.7 Å². The van der Waals surface area contributed by atoms with Crippen LogP contribution in [0.15, 0.2) is 52.6 Å². The highest BCUT2D eigenvalue weighted by Gasteiger charge is 2.15. The van der Waals surface area contributed by atoms with Gasteiger partial charge in [-0.15, -0.1) is 10.2 Å². The molecule has 0 N–H and O–H groups in total.